The topological polar surface area (TPSA) is 72.6 Å². The predicted octanol–water partition coefficient (Wildman–Crippen LogP) is -0.491. The zero-order valence-electron chi connectivity index (χ0n) is 8.29. The molecule has 8 heteroatoms. The summed E-state index contributed by atoms with van der Waals surface area (Å²) >= 11 is 0. The summed E-state index contributed by atoms with van der Waals surface area (Å²) in [6, 6.07) is 0. The van der Waals surface area contributed by atoms with E-state index in [0.717, 1.165) is 0 Å². The Labute approximate surface area is 89.3 Å². The Kier molecular flexibility index (Phi) is 3.74. The molecule has 1 heterocycles. The van der Waals surface area contributed by atoms with Gasteiger partial charge in [-0.2, -0.15) is 13.2 Å². The Hall–Kier alpha value is -1.31. The number of likely N-dealkylation sites (tertiary alicyclic amines) is 1. The van der Waals surface area contributed by atoms with Crippen molar-refractivity contribution in [2.45, 2.75) is 6.18 Å². The summed E-state index contributed by atoms with van der Waals surface area (Å²) in [4.78, 5) is 21.6. The number of hydrogen-bond acceptors (Lipinski definition) is 3. The molecule has 0 unspecified atom stereocenters. The lowest BCUT2D eigenvalue weighted by atomic mass is 10.0. The zero-order valence-corrected chi connectivity index (χ0v) is 8.29. The highest BCUT2D eigenvalue weighted by molar-refractivity contribution is 5.82. The van der Waals surface area contributed by atoms with E-state index in [2.05, 4.69) is 0 Å². The van der Waals surface area contributed by atoms with Crippen molar-refractivity contribution in [3.05, 3.63) is 0 Å². The summed E-state index contributed by atoms with van der Waals surface area (Å²) in [7, 11) is 0. The van der Waals surface area contributed by atoms with Crippen molar-refractivity contribution in [2.24, 2.45) is 11.7 Å². The van der Waals surface area contributed by atoms with E-state index in [1.165, 1.54) is 0 Å². The van der Waals surface area contributed by atoms with Crippen LogP contribution in [-0.4, -0.2) is 49.2 Å². The molecule has 1 rings (SSSR count). The minimum atomic E-state index is -4.82. The van der Waals surface area contributed by atoms with Crippen molar-refractivity contribution in [2.75, 3.05) is 26.3 Å². The molecule has 1 saturated heterocycles. The standard InChI is InChI=1S/C8H11F3N2O3/c9-8(10,11)7(15)13-1-5(2-13)3-16-4-6(12)14/h5H,1-4H2,(H2,12,14). The van der Waals surface area contributed by atoms with Gasteiger partial charge >= 0.3 is 12.1 Å². The van der Waals surface area contributed by atoms with Gasteiger partial charge in [-0.1, -0.05) is 0 Å². The van der Waals surface area contributed by atoms with Gasteiger partial charge in [-0.05, 0) is 0 Å². The van der Waals surface area contributed by atoms with Gasteiger partial charge < -0.3 is 15.4 Å². The summed E-state index contributed by atoms with van der Waals surface area (Å²) in [5.41, 5.74) is 4.79. The molecule has 0 saturated carbocycles. The smallest absolute Gasteiger partial charge is 0.371 e. The van der Waals surface area contributed by atoms with Crippen LogP contribution < -0.4 is 5.73 Å². The van der Waals surface area contributed by atoms with E-state index in [1.807, 2.05) is 0 Å². The average molecular weight is 240 g/mol. The molecule has 1 fully saturated rings. The summed E-state index contributed by atoms with van der Waals surface area (Å²) in [5.74, 6) is -2.63. The third-order valence-corrected chi connectivity index (χ3v) is 2.08. The number of alkyl halides is 3. The normalized spacial score (nSPS) is 17.1. The van der Waals surface area contributed by atoms with Crippen molar-refractivity contribution < 1.29 is 27.5 Å². The lowest BCUT2D eigenvalue weighted by Gasteiger charge is -2.39. The number of carbonyl (C=O) groups excluding carboxylic acids is 2. The lowest BCUT2D eigenvalue weighted by molar-refractivity contribution is -0.192. The second kappa shape index (κ2) is 4.69. The number of amides is 2. The van der Waals surface area contributed by atoms with Crippen LogP contribution in [-0.2, 0) is 14.3 Å². The van der Waals surface area contributed by atoms with Crippen LogP contribution >= 0.6 is 0 Å². The quantitative estimate of drug-likeness (QED) is 0.720. The average Bonchev–Trinajstić information content (AvgIpc) is 2.05. The first kappa shape index (κ1) is 12.8. The van der Waals surface area contributed by atoms with Crippen molar-refractivity contribution in [1.82, 2.24) is 4.90 Å². The molecule has 5 nitrogen and oxygen atoms in total. The summed E-state index contributed by atoms with van der Waals surface area (Å²) in [5, 5.41) is 0. The Morgan fingerprint density at radius 2 is 1.94 bits per heavy atom. The molecular weight excluding hydrogens is 229 g/mol. The van der Waals surface area contributed by atoms with E-state index in [-0.39, 0.29) is 32.2 Å². The van der Waals surface area contributed by atoms with Crippen LogP contribution in [0.25, 0.3) is 0 Å². The van der Waals surface area contributed by atoms with Gasteiger partial charge in [0.1, 0.15) is 6.61 Å². The van der Waals surface area contributed by atoms with E-state index >= 15 is 0 Å². The number of hydrogen-bond donors (Lipinski definition) is 1. The van der Waals surface area contributed by atoms with Crippen molar-refractivity contribution in [1.29, 1.82) is 0 Å². The molecule has 0 aromatic carbocycles. The molecule has 1 aliphatic rings. The van der Waals surface area contributed by atoms with Crippen LogP contribution in [0.15, 0.2) is 0 Å². The van der Waals surface area contributed by atoms with Gasteiger partial charge in [0.15, 0.2) is 0 Å². The molecule has 0 aromatic rings. The SMILES string of the molecule is NC(=O)COCC1CN(C(=O)C(F)(F)F)C1. The largest absolute Gasteiger partial charge is 0.471 e. The first-order valence-electron chi connectivity index (χ1n) is 4.53. The van der Waals surface area contributed by atoms with Crippen molar-refractivity contribution in [3.8, 4) is 0 Å². The first-order chi connectivity index (χ1) is 7.30. The number of nitrogens with two attached hydrogens (primary N) is 1. The molecule has 0 spiro atoms. The highest BCUT2D eigenvalue weighted by Gasteiger charge is 2.46. The highest BCUT2D eigenvalue weighted by Crippen LogP contribution is 2.24. The van der Waals surface area contributed by atoms with E-state index in [1.54, 1.807) is 0 Å². The Balaban J connectivity index is 2.18. The van der Waals surface area contributed by atoms with Crippen LogP contribution in [0.3, 0.4) is 0 Å². The molecule has 16 heavy (non-hydrogen) atoms. The minimum Gasteiger partial charge on any atom is -0.371 e. The number of ether oxygens (including phenoxy) is 1. The van der Waals surface area contributed by atoms with Crippen molar-refractivity contribution in [3.63, 3.8) is 0 Å². The molecular formula is C8H11F3N2O3. The van der Waals surface area contributed by atoms with E-state index in [0.29, 0.717) is 4.90 Å². The third-order valence-electron chi connectivity index (χ3n) is 2.08. The first-order valence-corrected chi connectivity index (χ1v) is 4.53. The molecule has 2 amide bonds. The van der Waals surface area contributed by atoms with Gasteiger partial charge in [0.2, 0.25) is 5.91 Å². The fourth-order valence-electron chi connectivity index (χ4n) is 1.35. The summed E-state index contributed by atoms with van der Waals surface area (Å²) in [6.45, 7) is -0.136. The van der Waals surface area contributed by atoms with Gasteiger partial charge in [-0.25, -0.2) is 0 Å². The number of nitrogens with zero attached hydrogens (tertiary/aromatic N) is 1. The summed E-state index contributed by atoms with van der Waals surface area (Å²) < 4.78 is 40.6. The summed E-state index contributed by atoms with van der Waals surface area (Å²) in [6.07, 6.45) is -4.82. The van der Waals surface area contributed by atoms with Crippen LogP contribution in [0.1, 0.15) is 0 Å². The molecule has 0 aromatic heterocycles. The van der Waals surface area contributed by atoms with Gasteiger partial charge in [0.05, 0.1) is 6.61 Å². The van der Waals surface area contributed by atoms with Crippen LogP contribution in [0.4, 0.5) is 13.2 Å². The number of primary amides is 1. The van der Waals surface area contributed by atoms with Gasteiger partial charge in [-0.3, -0.25) is 9.59 Å². The van der Waals surface area contributed by atoms with E-state index in [4.69, 9.17) is 10.5 Å². The van der Waals surface area contributed by atoms with E-state index in [9.17, 15) is 22.8 Å². The molecule has 0 bridgehead atoms. The van der Waals surface area contributed by atoms with Gasteiger partial charge in [0.25, 0.3) is 0 Å². The van der Waals surface area contributed by atoms with Crippen LogP contribution in [0.5, 0.6) is 0 Å². The number of carbonyl (C=O) groups is 2. The second-order valence-electron chi connectivity index (χ2n) is 3.56. The maximum atomic E-state index is 11.9. The third kappa shape index (κ3) is 3.37. The van der Waals surface area contributed by atoms with Crippen LogP contribution in [0.2, 0.25) is 0 Å². The Bertz CT molecular complexity index is 287. The number of halogens is 3. The minimum absolute atomic E-state index is 0.00287. The van der Waals surface area contributed by atoms with E-state index < -0.39 is 18.0 Å². The monoisotopic (exact) mass is 240 g/mol. The molecule has 0 radical (unpaired) electrons. The van der Waals surface area contributed by atoms with Crippen LogP contribution in [0, 0.1) is 5.92 Å². The lowest BCUT2D eigenvalue weighted by Crippen LogP contribution is -2.55. The fourth-order valence-corrected chi connectivity index (χ4v) is 1.35. The van der Waals surface area contributed by atoms with Gasteiger partial charge in [0, 0.05) is 19.0 Å². The fraction of sp³-hybridized carbons (Fsp3) is 0.750. The maximum Gasteiger partial charge on any atom is 0.471 e. The Morgan fingerprint density at radius 3 is 2.38 bits per heavy atom. The predicted molar refractivity (Wildman–Crippen MR) is 46.1 cm³/mol. The molecule has 1 aliphatic heterocycles. The molecule has 0 atom stereocenters. The highest BCUT2D eigenvalue weighted by atomic mass is 19.4. The van der Waals surface area contributed by atoms with Gasteiger partial charge in [-0.15, -0.1) is 0 Å². The van der Waals surface area contributed by atoms with Crippen molar-refractivity contribution >= 4 is 11.8 Å². The zero-order chi connectivity index (χ0) is 12.3. The molecule has 2 N–H and O–H groups in total. The maximum absolute atomic E-state index is 11.9. The molecule has 0 aliphatic carbocycles. The Morgan fingerprint density at radius 1 is 1.38 bits per heavy atom. The second-order valence-corrected chi connectivity index (χ2v) is 3.56. The number of rotatable bonds is 4. The molecule has 92 valence electrons.